The fourth-order valence-electron chi connectivity index (χ4n) is 2.36. The number of alkyl halides is 3. The van der Waals surface area contributed by atoms with Gasteiger partial charge in [-0.3, -0.25) is 0 Å². The van der Waals surface area contributed by atoms with Crippen LogP contribution >= 0.6 is 22.7 Å². The topological polar surface area (TPSA) is 59.1 Å². The second-order valence-corrected chi connectivity index (χ2v) is 9.90. The molecule has 1 N–H and O–H groups in total. The minimum Gasteiger partial charge on any atom is -0.241 e. The van der Waals surface area contributed by atoms with Gasteiger partial charge in [-0.1, -0.05) is 18.2 Å². The Labute approximate surface area is 162 Å². The zero-order valence-electron chi connectivity index (χ0n) is 14.3. The highest BCUT2D eigenvalue weighted by Gasteiger charge is 2.33. The summed E-state index contributed by atoms with van der Waals surface area (Å²) in [6, 6.07) is 6.38. The Bertz CT molecular complexity index is 1050. The fraction of sp³-hybridized carbons (Fsp3) is 0.235. The van der Waals surface area contributed by atoms with Crippen molar-refractivity contribution in [3.8, 4) is 10.6 Å². The Morgan fingerprint density at radius 2 is 1.89 bits per heavy atom. The smallest absolute Gasteiger partial charge is 0.241 e. The Kier molecular flexibility index (Phi) is 5.44. The lowest BCUT2D eigenvalue weighted by Gasteiger charge is -2.13. The van der Waals surface area contributed by atoms with Gasteiger partial charge in [0, 0.05) is 22.4 Å². The molecule has 144 valence electrons. The normalized spacial score (nSPS) is 12.5. The van der Waals surface area contributed by atoms with Gasteiger partial charge < -0.3 is 0 Å². The van der Waals surface area contributed by atoms with Crippen LogP contribution < -0.4 is 4.72 Å². The van der Waals surface area contributed by atoms with Crippen LogP contribution in [0.3, 0.4) is 0 Å². The van der Waals surface area contributed by atoms with Gasteiger partial charge in [0.25, 0.3) is 0 Å². The van der Waals surface area contributed by atoms with E-state index in [1.807, 2.05) is 13.8 Å². The zero-order valence-corrected chi connectivity index (χ0v) is 16.7. The van der Waals surface area contributed by atoms with Crippen LogP contribution in [0.25, 0.3) is 10.6 Å². The molecule has 27 heavy (non-hydrogen) atoms. The van der Waals surface area contributed by atoms with E-state index in [2.05, 4.69) is 9.71 Å². The van der Waals surface area contributed by atoms with E-state index >= 15 is 0 Å². The van der Waals surface area contributed by atoms with E-state index in [1.54, 1.807) is 5.38 Å². The van der Waals surface area contributed by atoms with Crippen LogP contribution in [0.1, 0.15) is 21.7 Å². The van der Waals surface area contributed by atoms with Gasteiger partial charge in [0.1, 0.15) is 9.22 Å². The standard InChI is InChI=1S/C17H15F3N2O2S3/c1-10-11(2)26-16(22-10)13-7-15(25-9-13)27(23,24)21-8-12-5-3-4-6-14(12)17(18,19)20/h3-7,9,21H,8H2,1-2H3. The number of thiophene rings is 1. The van der Waals surface area contributed by atoms with Crippen molar-refractivity contribution < 1.29 is 21.6 Å². The molecule has 0 amide bonds. The van der Waals surface area contributed by atoms with Crippen LogP contribution in [0, 0.1) is 13.8 Å². The van der Waals surface area contributed by atoms with Crippen molar-refractivity contribution in [1.29, 1.82) is 0 Å². The first-order valence-electron chi connectivity index (χ1n) is 7.75. The first-order valence-corrected chi connectivity index (χ1v) is 10.9. The largest absolute Gasteiger partial charge is 0.416 e. The van der Waals surface area contributed by atoms with Gasteiger partial charge in [-0.05, 0) is 31.5 Å². The second kappa shape index (κ2) is 7.34. The van der Waals surface area contributed by atoms with Crippen molar-refractivity contribution in [3.63, 3.8) is 0 Å². The number of sulfonamides is 1. The number of aryl methyl sites for hydroxylation is 2. The molecule has 0 radical (unpaired) electrons. The highest BCUT2D eigenvalue weighted by atomic mass is 32.2. The molecule has 0 aliphatic rings. The number of benzene rings is 1. The average Bonchev–Trinajstić information content (AvgIpc) is 3.21. The Balaban J connectivity index is 1.81. The molecule has 2 heterocycles. The lowest BCUT2D eigenvalue weighted by Crippen LogP contribution is -2.24. The molecule has 10 heteroatoms. The van der Waals surface area contributed by atoms with Gasteiger partial charge in [-0.2, -0.15) is 13.2 Å². The average molecular weight is 433 g/mol. The van der Waals surface area contributed by atoms with Crippen LogP contribution in [0.2, 0.25) is 0 Å². The van der Waals surface area contributed by atoms with E-state index in [4.69, 9.17) is 0 Å². The van der Waals surface area contributed by atoms with Crippen LogP contribution in [0.15, 0.2) is 39.9 Å². The van der Waals surface area contributed by atoms with Gasteiger partial charge in [0.15, 0.2) is 0 Å². The SMILES string of the molecule is Cc1nc(-c2csc(S(=O)(=O)NCc3ccccc3C(F)(F)F)c2)sc1C. The molecule has 0 aliphatic heterocycles. The molecule has 0 atom stereocenters. The van der Waals surface area contributed by atoms with Crippen molar-refractivity contribution in [3.05, 3.63) is 57.4 Å². The third-order valence-corrected chi connectivity index (χ3v) is 7.85. The van der Waals surface area contributed by atoms with E-state index in [-0.39, 0.29) is 9.77 Å². The number of aromatic nitrogens is 1. The highest BCUT2D eigenvalue weighted by Crippen LogP contribution is 2.34. The number of hydrogen-bond donors (Lipinski definition) is 1. The van der Waals surface area contributed by atoms with Crippen LogP contribution in [0.4, 0.5) is 13.2 Å². The minimum absolute atomic E-state index is 0.0347. The highest BCUT2D eigenvalue weighted by molar-refractivity contribution is 7.91. The van der Waals surface area contributed by atoms with Crippen LogP contribution in [-0.2, 0) is 22.7 Å². The summed E-state index contributed by atoms with van der Waals surface area (Å²) in [5, 5.41) is 2.39. The van der Waals surface area contributed by atoms with Crippen molar-refractivity contribution in [1.82, 2.24) is 9.71 Å². The Hall–Kier alpha value is -1.75. The van der Waals surface area contributed by atoms with Gasteiger partial charge in [0.05, 0.1) is 11.3 Å². The van der Waals surface area contributed by atoms with E-state index in [0.717, 1.165) is 28.0 Å². The lowest BCUT2D eigenvalue weighted by molar-refractivity contribution is -0.138. The molecule has 0 aliphatic carbocycles. The van der Waals surface area contributed by atoms with Gasteiger partial charge in [-0.15, -0.1) is 22.7 Å². The summed E-state index contributed by atoms with van der Waals surface area (Å²) in [5.74, 6) is 0. The molecule has 4 nitrogen and oxygen atoms in total. The van der Waals surface area contributed by atoms with Crippen molar-refractivity contribution >= 4 is 32.7 Å². The van der Waals surface area contributed by atoms with Gasteiger partial charge >= 0.3 is 6.18 Å². The summed E-state index contributed by atoms with van der Waals surface area (Å²) in [6.45, 7) is 3.36. The minimum atomic E-state index is -4.54. The van der Waals surface area contributed by atoms with Crippen molar-refractivity contribution in [2.75, 3.05) is 0 Å². The monoisotopic (exact) mass is 432 g/mol. The molecule has 0 saturated heterocycles. The third kappa shape index (κ3) is 4.40. The predicted octanol–water partition coefficient (Wildman–Crippen LogP) is 4.99. The summed E-state index contributed by atoms with van der Waals surface area (Å²) in [5.41, 5.74) is 0.578. The molecular formula is C17H15F3N2O2S3. The van der Waals surface area contributed by atoms with E-state index < -0.39 is 28.3 Å². The molecule has 1 aromatic carbocycles. The van der Waals surface area contributed by atoms with Crippen molar-refractivity contribution in [2.45, 2.75) is 30.8 Å². The Morgan fingerprint density at radius 3 is 2.52 bits per heavy atom. The van der Waals surface area contributed by atoms with Gasteiger partial charge in [-0.25, -0.2) is 18.1 Å². The van der Waals surface area contributed by atoms with E-state index in [0.29, 0.717) is 10.6 Å². The third-order valence-electron chi connectivity index (χ3n) is 3.89. The predicted molar refractivity (Wildman–Crippen MR) is 100 cm³/mol. The maximum absolute atomic E-state index is 13.0. The number of thiazole rings is 1. The number of nitrogens with one attached hydrogen (secondary N) is 1. The lowest BCUT2D eigenvalue weighted by atomic mass is 10.1. The summed E-state index contributed by atoms with van der Waals surface area (Å²) < 4.78 is 66.4. The van der Waals surface area contributed by atoms with Crippen LogP contribution in [0.5, 0.6) is 0 Å². The summed E-state index contributed by atoms with van der Waals surface area (Å²) >= 11 is 2.47. The first-order chi connectivity index (χ1) is 12.6. The van der Waals surface area contributed by atoms with Crippen molar-refractivity contribution in [2.24, 2.45) is 0 Å². The first kappa shape index (κ1) is 20.0. The molecule has 0 bridgehead atoms. The quantitative estimate of drug-likeness (QED) is 0.618. The molecule has 0 saturated carbocycles. The molecule has 2 aromatic heterocycles. The number of halogens is 3. The number of nitrogens with zero attached hydrogens (tertiary/aromatic N) is 1. The summed E-state index contributed by atoms with van der Waals surface area (Å²) in [7, 11) is -3.93. The molecule has 0 spiro atoms. The van der Waals surface area contributed by atoms with E-state index in [9.17, 15) is 21.6 Å². The van der Waals surface area contributed by atoms with Crippen LogP contribution in [-0.4, -0.2) is 13.4 Å². The second-order valence-electron chi connectivity index (χ2n) is 5.79. The fourth-order valence-corrected chi connectivity index (χ4v) is 5.55. The molecule has 0 unspecified atom stereocenters. The Morgan fingerprint density at radius 1 is 1.19 bits per heavy atom. The van der Waals surface area contributed by atoms with E-state index in [1.165, 1.54) is 35.6 Å². The van der Waals surface area contributed by atoms with Gasteiger partial charge in [0.2, 0.25) is 10.0 Å². The summed E-state index contributed by atoms with van der Waals surface area (Å²) in [6.07, 6.45) is -4.54. The molecule has 3 aromatic rings. The maximum atomic E-state index is 13.0. The number of rotatable bonds is 5. The zero-order chi connectivity index (χ0) is 19.8. The molecule has 3 rings (SSSR count). The number of hydrogen-bond acceptors (Lipinski definition) is 5. The maximum Gasteiger partial charge on any atom is 0.416 e. The molecule has 0 fully saturated rings. The summed E-state index contributed by atoms with van der Waals surface area (Å²) in [4.78, 5) is 5.44. The molecular weight excluding hydrogens is 417 g/mol.